The molecule has 0 spiro atoms. The van der Waals surface area contributed by atoms with Crippen molar-refractivity contribution >= 4 is 23.5 Å². The number of carbonyl (C=O) groups excluding carboxylic acids is 2. The van der Waals surface area contributed by atoms with Crippen molar-refractivity contribution in [2.24, 2.45) is 17.3 Å². The molecule has 1 saturated carbocycles. The van der Waals surface area contributed by atoms with Gasteiger partial charge in [0.15, 0.2) is 0 Å². The summed E-state index contributed by atoms with van der Waals surface area (Å²) in [5, 5.41) is 12.0. The lowest BCUT2D eigenvalue weighted by Gasteiger charge is -2.16. The fourth-order valence-electron chi connectivity index (χ4n) is 3.60. The van der Waals surface area contributed by atoms with E-state index in [-0.39, 0.29) is 11.8 Å². The molecule has 2 amide bonds. The van der Waals surface area contributed by atoms with Crippen LogP contribution in [0.25, 0.3) is 0 Å². The lowest BCUT2D eigenvalue weighted by molar-refractivity contribution is -0.140. The third-order valence-corrected chi connectivity index (χ3v) is 5.16. The third kappa shape index (κ3) is 2.88. The Hall–Kier alpha value is -2.37. The maximum Gasteiger partial charge on any atom is 0.307 e. The topological polar surface area (TPSA) is 86.7 Å². The molecule has 6 nitrogen and oxygen atoms in total. The first-order valence-electron chi connectivity index (χ1n) is 8.22. The molecule has 0 bridgehead atoms. The minimum absolute atomic E-state index is 0.145. The average molecular weight is 330 g/mol. The first-order valence-corrected chi connectivity index (χ1v) is 8.22. The second-order valence-corrected chi connectivity index (χ2v) is 7.15. The number of nitrogens with zero attached hydrogens (tertiary/aromatic N) is 1. The quantitative estimate of drug-likeness (QED) is 0.862. The van der Waals surface area contributed by atoms with E-state index >= 15 is 0 Å². The highest BCUT2D eigenvalue weighted by molar-refractivity contribution is 5.95. The van der Waals surface area contributed by atoms with Gasteiger partial charge in [-0.1, -0.05) is 26.0 Å². The van der Waals surface area contributed by atoms with Gasteiger partial charge in [-0.15, -0.1) is 0 Å². The van der Waals surface area contributed by atoms with Crippen molar-refractivity contribution in [3.05, 3.63) is 29.8 Å². The highest BCUT2D eigenvalue weighted by atomic mass is 16.4. The summed E-state index contributed by atoms with van der Waals surface area (Å²) in [4.78, 5) is 36.8. The maximum absolute atomic E-state index is 12.2. The number of nitrogens with one attached hydrogen (secondary N) is 1. The standard InChI is InChI=1S/C18H22N2O4/c1-18(2)14(15(18)17(23)24)16(22)19-10-11-5-7-12(8-6-11)20-9-3-4-13(20)21/h5-8,14-15H,3-4,9-10H2,1-2H3,(H,19,22)(H,23,24)/t14-,15+/m1/s1. The van der Waals surface area contributed by atoms with Gasteiger partial charge in [-0.2, -0.15) is 0 Å². The lowest BCUT2D eigenvalue weighted by Crippen LogP contribution is -2.27. The van der Waals surface area contributed by atoms with E-state index in [1.165, 1.54) is 0 Å². The predicted octanol–water partition coefficient (Wildman–Crippen LogP) is 1.79. The molecular formula is C18H22N2O4. The van der Waals surface area contributed by atoms with Crippen LogP contribution in [0.15, 0.2) is 24.3 Å². The van der Waals surface area contributed by atoms with Gasteiger partial charge < -0.3 is 15.3 Å². The summed E-state index contributed by atoms with van der Waals surface area (Å²) < 4.78 is 0. The molecule has 0 unspecified atom stereocenters. The minimum atomic E-state index is -0.917. The summed E-state index contributed by atoms with van der Waals surface area (Å²) in [5.74, 6) is -2.07. The van der Waals surface area contributed by atoms with Crippen LogP contribution >= 0.6 is 0 Å². The summed E-state index contributed by atoms with van der Waals surface area (Å²) in [6.45, 7) is 4.71. The number of rotatable bonds is 5. The Morgan fingerprint density at radius 1 is 1.25 bits per heavy atom. The molecule has 128 valence electrons. The number of carbonyl (C=O) groups is 3. The van der Waals surface area contributed by atoms with Gasteiger partial charge in [0, 0.05) is 25.2 Å². The molecule has 2 aliphatic rings. The summed E-state index contributed by atoms with van der Waals surface area (Å²) in [7, 11) is 0. The van der Waals surface area contributed by atoms with Crippen LogP contribution in [0.2, 0.25) is 0 Å². The molecule has 1 heterocycles. The summed E-state index contributed by atoms with van der Waals surface area (Å²) in [6, 6.07) is 7.53. The van der Waals surface area contributed by atoms with Crippen LogP contribution < -0.4 is 10.2 Å². The molecule has 0 aromatic heterocycles. The predicted molar refractivity (Wildman–Crippen MR) is 88.3 cm³/mol. The van der Waals surface area contributed by atoms with Gasteiger partial charge in [0.1, 0.15) is 0 Å². The van der Waals surface area contributed by atoms with Crippen molar-refractivity contribution in [1.29, 1.82) is 0 Å². The zero-order valence-electron chi connectivity index (χ0n) is 13.9. The van der Waals surface area contributed by atoms with E-state index in [1.54, 1.807) is 18.7 Å². The SMILES string of the molecule is CC1(C)[C@H](C(=O)O)[C@@H]1C(=O)NCc1ccc(N2CCCC2=O)cc1. The molecule has 2 fully saturated rings. The monoisotopic (exact) mass is 330 g/mol. The molecule has 2 N–H and O–H groups in total. The van der Waals surface area contributed by atoms with Gasteiger partial charge in [-0.25, -0.2) is 0 Å². The van der Waals surface area contributed by atoms with Crippen LogP contribution in [0.1, 0.15) is 32.3 Å². The Balaban J connectivity index is 1.57. The molecule has 6 heteroatoms. The number of anilines is 1. The highest BCUT2D eigenvalue weighted by Crippen LogP contribution is 2.58. The second-order valence-electron chi connectivity index (χ2n) is 7.15. The number of amides is 2. The van der Waals surface area contributed by atoms with Crippen LogP contribution in [-0.4, -0.2) is 29.4 Å². The fourth-order valence-corrected chi connectivity index (χ4v) is 3.60. The van der Waals surface area contributed by atoms with Gasteiger partial charge in [-0.3, -0.25) is 14.4 Å². The molecule has 1 aliphatic heterocycles. The molecular weight excluding hydrogens is 308 g/mol. The average Bonchev–Trinajstić information content (AvgIpc) is 2.87. The van der Waals surface area contributed by atoms with Gasteiger partial charge in [0.2, 0.25) is 11.8 Å². The Morgan fingerprint density at radius 2 is 1.92 bits per heavy atom. The van der Waals surface area contributed by atoms with Crippen LogP contribution in [0, 0.1) is 17.3 Å². The Morgan fingerprint density at radius 3 is 2.42 bits per heavy atom. The van der Waals surface area contributed by atoms with Crippen LogP contribution in [0.5, 0.6) is 0 Å². The number of carboxylic acid groups (broad SMARTS) is 1. The third-order valence-electron chi connectivity index (χ3n) is 5.16. The molecule has 0 radical (unpaired) electrons. The zero-order chi connectivity index (χ0) is 17.5. The molecule has 1 saturated heterocycles. The molecule has 1 aromatic rings. The van der Waals surface area contributed by atoms with Crippen LogP contribution in [0.4, 0.5) is 5.69 Å². The maximum atomic E-state index is 12.2. The van der Waals surface area contributed by atoms with Gasteiger partial charge in [0.25, 0.3) is 0 Å². The zero-order valence-corrected chi connectivity index (χ0v) is 13.9. The smallest absolute Gasteiger partial charge is 0.307 e. The Bertz CT molecular complexity index is 681. The molecule has 1 aliphatic carbocycles. The molecule has 24 heavy (non-hydrogen) atoms. The summed E-state index contributed by atoms with van der Waals surface area (Å²) in [6.07, 6.45) is 1.48. The van der Waals surface area contributed by atoms with Crippen molar-refractivity contribution in [2.45, 2.75) is 33.2 Å². The Labute approximate surface area is 140 Å². The van der Waals surface area contributed by atoms with Crippen LogP contribution in [0.3, 0.4) is 0 Å². The number of carboxylic acids is 1. The van der Waals surface area contributed by atoms with Gasteiger partial charge in [-0.05, 0) is 29.5 Å². The fraction of sp³-hybridized carbons (Fsp3) is 0.500. The van der Waals surface area contributed by atoms with Crippen molar-refractivity contribution in [2.75, 3.05) is 11.4 Å². The first-order chi connectivity index (χ1) is 11.3. The highest BCUT2D eigenvalue weighted by Gasteiger charge is 2.65. The number of hydrogen-bond donors (Lipinski definition) is 2. The van der Waals surface area contributed by atoms with Gasteiger partial charge in [0.05, 0.1) is 11.8 Å². The van der Waals surface area contributed by atoms with Crippen molar-refractivity contribution in [1.82, 2.24) is 5.32 Å². The Kier molecular flexibility index (Phi) is 4.07. The minimum Gasteiger partial charge on any atom is -0.481 e. The molecule has 1 aromatic carbocycles. The van der Waals surface area contributed by atoms with E-state index in [2.05, 4.69) is 5.32 Å². The number of aliphatic carboxylic acids is 1. The van der Waals surface area contributed by atoms with E-state index in [1.807, 2.05) is 24.3 Å². The molecule has 2 atom stereocenters. The largest absolute Gasteiger partial charge is 0.481 e. The lowest BCUT2D eigenvalue weighted by atomic mass is 10.1. The number of hydrogen-bond acceptors (Lipinski definition) is 3. The molecule has 3 rings (SSSR count). The number of benzene rings is 1. The normalized spacial score (nSPS) is 24.8. The van der Waals surface area contributed by atoms with Crippen LogP contribution in [-0.2, 0) is 20.9 Å². The second kappa shape index (κ2) is 5.92. The van der Waals surface area contributed by atoms with Crippen molar-refractivity contribution < 1.29 is 19.5 Å². The van der Waals surface area contributed by atoms with E-state index in [4.69, 9.17) is 5.11 Å². The van der Waals surface area contributed by atoms with Crippen molar-refractivity contribution in [3.8, 4) is 0 Å². The van der Waals surface area contributed by atoms with E-state index in [0.717, 1.165) is 24.2 Å². The first kappa shape index (κ1) is 16.5. The van der Waals surface area contributed by atoms with E-state index < -0.39 is 23.2 Å². The van der Waals surface area contributed by atoms with E-state index in [0.29, 0.717) is 13.0 Å². The summed E-state index contributed by atoms with van der Waals surface area (Å²) in [5.41, 5.74) is 1.31. The van der Waals surface area contributed by atoms with Gasteiger partial charge >= 0.3 is 5.97 Å². The van der Waals surface area contributed by atoms with Crippen molar-refractivity contribution in [3.63, 3.8) is 0 Å². The van der Waals surface area contributed by atoms with E-state index in [9.17, 15) is 14.4 Å². The summed E-state index contributed by atoms with van der Waals surface area (Å²) >= 11 is 0.